The maximum absolute atomic E-state index is 11.8. The third kappa shape index (κ3) is 1.79. The van der Waals surface area contributed by atoms with Gasteiger partial charge >= 0.3 is 13.6 Å². The molecule has 0 bridgehead atoms. The zero-order chi connectivity index (χ0) is 11.0. The number of hydrogen-bond donors (Lipinski definition) is 0. The van der Waals surface area contributed by atoms with E-state index in [1.54, 1.807) is 0 Å². The zero-order valence-corrected chi connectivity index (χ0v) is 9.94. The van der Waals surface area contributed by atoms with Gasteiger partial charge in [0, 0.05) is 14.2 Å². The minimum atomic E-state index is -3.68. The Morgan fingerprint density at radius 3 is 2.21 bits per heavy atom. The number of ether oxygens (including phenoxy) is 1. The van der Waals surface area contributed by atoms with E-state index in [1.807, 2.05) is 0 Å². The smallest absolute Gasteiger partial charge is 0.369 e. The lowest BCUT2D eigenvalue weighted by Gasteiger charge is -2.37. The van der Waals surface area contributed by atoms with Crippen molar-refractivity contribution < 1.29 is 23.1 Å². The van der Waals surface area contributed by atoms with Gasteiger partial charge in [-0.15, -0.1) is 0 Å². The molecule has 82 valence electrons. The number of hydrogen-bond acceptors (Lipinski definition) is 5. The first-order chi connectivity index (χ1) is 6.37. The summed E-state index contributed by atoms with van der Waals surface area (Å²) in [5, 5.41) is 0. The summed E-state index contributed by atoms with van der Waals surface area (Å²) in [6.45, 7) is 0. The van der Waals surface area contributed by atoms with Gasteiger partial charge in [-0.2, -0.15) is 0 Å². The van der Waals surface area contributed by atoms with E-state index in [1.165, 1.54) is 0 Å². The predicted octanol–water partition coefficient (Wildman–Crippen LogP) is 1.92. The molecule has 0 radical (unpaired) electrons. The van der Waals surface area contributed by atoms with Crippen molar-refractivity contribution in [2.75, 3.05) is 14.2 Å². The molecule has 1 unspecified atom stereocenters. The number of carbonyl (C=O) groups excluding carboxylic acids is 1. The van der Waals surface area contributed by atoms with Crippen LogP contribution in [0, 0.1) is 0 Å². The van der Waals surface area contributed by atoms with E-state index in [2.05, 4.69) is 13.8 Å². The normalized spacial score (nSPS) is 22.9. The average Bonchev–Trinajstić information content (AvgIpc) is 2.11. The van der Waals surface area contributed by atoms with E-state index < -0.39 is 23.7 Å². The van der Waals surface area contributed by atoms with Crippen molar-refractivity contribution in [3.8, 4) is 0 Å². The van der Waals surface area contributed by atoms with Gasteiger partial charge in [-0.1, -0.05) is 23.2 Å². The highest BCUT2D eigenvalue weighted by atomic mass is 35.5. The number of rotatable bonds is 4. The Morgan fingerprint density at radius 2 is 1.93 bits per heavy atom. The number of cyclic esters (lactones) is 1. The first kappa shape index (κ1) is 12.3. The highest BCUT2D eigenvalue weighted by molar-refractivity contribution is 7.60. The van der Waals surface area contributed by atoms with E-state index in [0.717, 1.165) is 14.2 Å². The van der Waals surface area contributed by atoms with Crippen LogP contribution in [-0.2, 0) is 23.1 Å². The second-order valence-corrected chi connectivity index (χ2v) is 6.98. The molecule has 1 aliphatic rings. The lowest BCUT2D eigenvalue weighted by atomic mass is 10.2. The van der Waals surface area contributed by atoms with Gasteiger partial charge in [-0.05, 0) is 0 Å². The monoisotopic (exact) mass is 262 g/mol. The first-order valence-corrected chi connectivity index (χ1v) is 5.96. The van der Waals surface area contributed by atoms with Crippen LogP contribution < -0.4 is 0 Å². The molecule has 8 heteroatoms. The summed E-state index contributed by atoms with van der Waals surface area (Å²) in [7, 11) is -1.36. The van der Waals surface area contributed by atoms with E-state index in [-0.39, 0.29) is 6.42 Å². The number of halogens is 2. The fourth-order valence-corrected chi connectivity index (χ4v) is 3.19. The van der Waals surface area contributed by atoms with Crippen LogP contribution >= 0.6 is 30.8 Å². The molecule has 0 aromatic carbocycles. The van der Waals surface area contributed by atoms with Crippen molar-refractivity contribution >= 4 is 36.8 Å². The van der Waals surface area contributed by atoms with Gasteiger partial charge in [0.1, 0.15) is 0 Å². The summed E-state index contributed by atoms with van der Waals surface area (Å²) in [5.74, 6) is -0.445. The summed E-state index contributed by atoms with van der Waals surface area (Å²) >= 11 is 11.6. The summed E-state index contributed by atoms with van der Waals surface area (Å²) in [6.07, 6.45) is -0.854. The maximum atomic E-state index is 11.8. The topological polar surface area (TPSA) is 61.8 Å². The Morgan fingerprint density at radius 1 is 1.50 bits per heavy atom. The molecule has 0 N–H and O–H groups in total. The van der Waals surface area contributed by atoms with Crippen LogP contribution in [0.5, 0.6) is 0 Å². The zero-order valence-electron chi connectivity index (χ0n) is 7.53. The Bertz CT molecular complexity index is 276. The molecule has 14 heavy (non-hydrogen) atoms. The molecule has 1 rings (SSSR count). The van der Waals surface area contributed by atoms with Crippen LogP contribution in [0.15, 0.2) is 0 Å². The van der Waals surface area contributed by atoms with Gasteiger partial charge in [0.15, 0.2) is 6.10 Å². The van der Waals surface area contributed by atoms with Crippen molar-refractivity contribution in [1.29, 1.82) is 0 Å². The maximum Gasteiger partial charge on any atom is 0.369 e. The number of carbonyl (C=O) groups is 1. The van der Waals surface area contributed by atoms with Gasteiger partial charge < -0.3 is 13.8 Å². The van der Waals surface area contributed by atoms with E-state index >= 15 is 0 Å². The van der Waals surface area contributed by atoms with Crippen molar-refractivity contribution in [1.82, 2.24) is 0 Å². The van der Waals surface area contributed by atoms with E-state index in [0.29, 0.717) is 0 Å². The van der Waals surface area contributed by atoms with Gasteiger partial charge in [-0.25, -0.2) is 0 Å². The fraction of sp³-hybridized carbons (Fsp3) is 0.833. The van der Waals surface area contributed by atoms with Gasteiger partial charge in [-0.3, -0.25) is 9.36 Å². The molecule has 0 aromatic rings. The van der Waals surface area contributed by atoms with Crippen LogP contribution in [0.25, 0.3) is 0 Å². The second kappa shape index (κ2) is 3.99. The minimum Gasteiger partial charge on any atom is -0.458 e. The van der Waals surface area contributed by atoms with Gasteiger partial charge in [0.05, 0.1) is 6.42 Å². The van der Waals surface area contributed by atoms with Crippen LogP contribution in [0.3, 0.4) is 0 Å². The SMILES string of the molecule is COP(=O)(OC)C(Cl)(Cl)C1CC(=O)O1. The molecule has 1 atom stereocenters. The average molecular weight is 263 g/mol. The Balaban J connectivity index is 2.83. The predicted molar refractivity (Wildman–Crippen MR) is 50.6 cm³/mol. The van der Waals surface area contributed by atoms with Crippen LogP contribution in [0.1, 0.15) is 6.42 Å². The number of esters is 1. The van der Waals surface area contributed by atoms with Crippen molar-refractivity contribution in [2.24, 2.45) is 0 Å². The third-order valence-electron chi connectivity index (χ3n) is 1.86. The molecule has 1 heterocycles. The Kier molecular flexibility index (Phi) is 3.49. The quantitative estimate of drug-likeness (QED) is 0.440. The molecule has 1 saturated heterocycles. The second-order valence-electron chi connectivity index (χ2n) is 2.63. The summed E-state index contributed by atoms with van der Waals surface area (Å²) < 4.78 is 23.8. The summed E-state index contributed by atoms with van der Waals surface area (Å²) in [5.41, 5.74) is 0. The third-order valence-corrected chi connectivity index (χ3v) is 5.57. The summed E-state index contributed by atoms with van der Waals surface area (Å²) in [4.78, 5) is 10.5. The largest absolute Gasteiger partial charge is 0.458 e. The van der Waals surface area contributed by atoms with E-state index in [4.69, 9.17) is 23.2 Å². The highest BCUT2D eigenvalue weighted by Crippen LogP contribution is 2.66. The molecule has 0 aliphatic carbocycles. The Hall–Kier alpha value is 0.200. The van der Waals surface area contributed by atoms with Crippen LogP contribution in [0.2, 0.25) is 0 Å². The first-order valence-electron chi connectivity index (χ1n) is 3.66. The minimum absolute atomic E-state index is 0.00368. The molecular weight excluding hydrogens is 254 g/mol. The molecule has 0 aromatic heterocycles. The highest BCUT2D eigenvalue weighted by Gasteiger charge is 2.59. The fourth-order valence-electron chi connectivity index (χ4n) is 0.988. The lowest BCUT2D eigenvalue weighted by Crippen LogP contribution is -2.45. The van der Waals surface area contributed by atoms with Gasteiger partial charge in [0.25, 0.3) is 4.07 Å². The van der Waals surface area contributed by atoms with Crippen molar-refractivity contribution in [3.63, 3.8) is 0 Å². The summed E-state index contributed by atoms with van der Waals surface area (Å²) in [6, 6.07) is 0. The molecule has 5 nitrogen and oxygen atoms in total. The molecule has 0 saturated carbocycles. The van der Waals surface area contributed by atoms with E-state index in [9.17, 15) is 9.36 Å². The van der Waals surface area contributed by atoms with Crippen LogP contribution in [0.4, 0.5) is 0 Å². The number of alkyl halides is 2. The Labute approximate surface area is 91.1 Å². The molecule has 0 spiro atoms. The van der Waals surface area contributed by atoms with Crippen molar-refractivity contribution in [3.05, 3.63) is 0 Å². The van der Waals surface area contributed by atoms with Crippen LogP contribution in [-0.4, -0.2) is 30.4 Å². The molecular formula is C6H9Cl2O5P. The lowest BCUT2D eigenvalue weighted by molar-refractivity contribution is -0.169. The molecule has 1 aliphatic heterocycles. The van der Waals surface area contributed by atoms with Crippen molar-refractivity contribution in [2.45, 2.75) is 16.6 Å². The van der Waals surface area contributed by atoms with Gasteiger partial charge in [0.2, 0.25) is 0 Å². The molecule has 1 fully saturated rings. The molecule has 0 amide bonds. The standard InChI is InChI=1S/C6H9Cl2O5P/c1-11-14(10,12-2)6(7,8)4-3-5(9)13-4/h4H,3H2,1-2H3.